The fourth-order valence-corrected chi connectivity index (χ4v) is 1.32. The van der Waals surface area contributed by atoms with E-state index in [0.29, 0.717) is 0 Å². The van der Waals surface area contributed by atoms with Gasteiger partial charge in [-0.05, 0) is 24.1 Å². The van der Waals surface area contributed by atoms with Gasteiger partial charge in [-0.3, -0.25) is 0 Å². The number of hydrogen-bond acceptors (Lipinski definition) is 3. The maximum absolute atomic E-state index is 5.91. The SMILES string of the molecule is CC[C@@H](N)c1ccc(OC)c(OC)c1. The number of nitrogens with two attached hydrogens (primary N) is 1. The van der Waals surface area contributed by atoms with E-state index in [-0.39, 0.29) is 6.04 Å². The van der Waals surface area contributed by atoms with Gasteiger partial charge >= 0.3 is 0 Å². The number of methoxy groups -OCH3 is 2. The molecule has 0 aromatic heterocycles. The topological polar surface area (TPSA) is 44.5 Å². The molecule has 0 amide bonds. The molecule has 0 fully saturated rings. The van der Waals surface area contributed by atoms with E-state index in [9.17, 15) is 0 Å². The zero-order valence-electron chi connectivity index (χ0n) is 8.91. The van der Waals surface area contributed by atoms with E-state index in [2.05, 4.69) is 6.92 Å². The first kappa shape index (κ1) is 10.9. The van der Waals surface area contributed by atoms with E-state index in [1.807, 2.05) is 18.2 Å². The van der Waals surface area contributed by atoms with Gasteiger partial charge in [-0.25, -0.2) is 0 Å². The quantitative estimate of drug-likeness (QED) is 0.800. The highest BCUT2D eigenvalue weighted by Crippen LogP contribution is 2.29. The van der Waals surface area contributed by atoms with Crippen molar-refractivity contribution in [3.63, 3.8) is 0 Å². The highest BCUT2D eigenvalue weighted by molar-refractivity contribution is 5.43. The minimum atomic E-state index is 0.0646. The second-order valence-electron chi connectivity index (χ2n) is 3.13. The third-order valence-electron chi connectivity index (χ3n) is 2.28. The molecule has 0 bridgehead atoms. The fourth-order valence-electron chi connectivity index (χ4n) is 1.32. The number of hydrogen-bond donors (Lipinski definition) is 1. The molecule has 3 heteroatoms. The minimum absolute atomic E-state index is 0.0646. The van der Waals surface area contributed by atoms with Crippen molar-refractivity contribution < 1.29 is 9.47 Å². The molecule has 14 heavy (non-hydrogen) atoms. The molecule has 78 valence electrons. The first-order valence-corrected chi connectivity index (χ1v) is 4.70. The molecule has 1 aromatic carbocycles. The molecule has 1 atom stereocenters. The molecule has 0 radical (unpaired) electrons. The largest absolute Gasteiger partial charge is 0.493 e. The Kier molecular flexibility index (Phi) is 3.77. The third kappa shape index (κ3) is 2.17. The van der Waals surface area contributed by atoms with Gasteiger partial charge in [-0.1, -0.05) is 13.0 Å². The van der Waals surface area contributed by atoms with Crippen LogP contribution >= 0.6 is 0 Å². The van der Waals surface area contributed by atoms with Crippen LogP contribution in [0.2, 0.25) is 0 Å². The highest BCUT2D eigenvalue weighted by atomic mass is 16.5. The summed E-state index contributed by atoms with van der Waals surface area (Å²) in [6.07, 6.45) is 0.912. The Bertz CT molecular complexity index is 299. The maximum Gasteiger partial charge on any atom is 0.161 e. The van der Waals surface area contributed by atoms with Gasteiger partial charge < -0.3 is 15.2 Å². The Morgan fingerprint density at radius 1 is 1.21 bits per heavy atom. The van der Waals surface area contributed by atoms with Gasteiger partial charge in [0, 0.05) is 6.04 Å². The second kappa shape index (κ2) is 4.86. The second-order valence-corrected chi connectivity index (χ2v) is 3.13. The zero-order valence-corrected chi connectivity index (χ0v) is 8.91. The molecule has 1 rings (SSSR count). The molecule has 0 unspecified atom stereocenters. The first-order chi connectivity index (χ1) is 6.72. The van der Waals surface area contributed by atoms with Crippen LogP contribution in [-0.2, 0) is 0 Å². The van der Waals surface area contributed by atoms with Gasteiger partial charge in [-0.15, -0.1) is 0 Å². The molecule has 0 spiro atoms. The van der Waals surface area contributed by atoms with E-state index in [1.54, 1.807) is 14.2 Å². The van der Waals surface area contributed by atoms with Crippen LogP contribution in [0.5, 0.6) is 11.5 Å². The van der Waals surface area contributed by atoms with Crippen molar-refractivity contribution in [3.05, 3.63) is 23.8 Å². The smallest absolute Gasteiger partial charge is 0.161 e. The van der Waals surface area contributed by atoms with Crippen molar-refractivity contribution in [2.75, 3.05) is 14.2 Å². The lowest BCUT2D eigenvalue weighted by molar-refractivity contribution is 0.354. The van der Waals surface area contributed by atoms with Crippen molar-refractivity contribution in [2.24, 2.45) is 5.73 Å². The summed E-state index contributed by atoms with van der Waals surface area (Å²) in [5.41, 5.74) is 6.99. The Labute approximate surface area is 84.8 Å². The average molecular weight is 195 g/mol. The summed E-state index contributed by atoms with van der Waals surface area (Å²) in [4.78, 5) is 0. The first-order valence-electron chi connectivity index (χ1n) is 4.70. The lowest BCUT2D eigenvalue weighted by Crippen LogP contribution is -2.08. The van der Waals surface area contributed by atoms with Crippen LogP contribution in [-0.4, -0.2) is 14.2 Å². The summed E-state index contributed by atoms with van der Waals surface area (Å²) < 4.78 is 10.3. The minimum Gasteiger partial charge on any atom is -0.493 e. The molecule has 0 heterocycles. The summed E-state index contributed by atoms with van der Waals surface area (Å²) in [7, 11) is 3.25. The molecule has 1 aromatic rings. The Morgan fingerprint density at radius 2 is 1.86 bits per heavy atom. The van der Waals surface area contributed by atoms with Crippen LogP contribution in [0.4, 0.5) is 0 Å². The van der Waals surface area contributed by atoms with Crippen LogP contribution in [0.3, 0.4) is 0 Å². The lowest BCUT2D eigenvalue weighted by atomic mass is 10.1. The van der Waals surface area contributed by atoms with Crippen LogP contribution < -0.4 is 15.2 Å². The molecular weight excluding hydrogens is 178 g/mol. The molecule has 0 saturated heterocycles. The third-order valence-corrected chi connectivity index (χ3v) is 2.28. The number of ether oxygens (including phenoxy) is 2. The monoisotopic (exact) mass is 195 g/mol. The van der Waals surface area contributed by atoms with Crippen LogP contribution in [0.1, 0.15) is 24.9 Å². The van der Waals surface area contributed by atoms with Crippen LogP contribution in [0.25, 0.3) is 0 Å². The van der Waals surface area contributed by atoms with Crippen LogP contribution in [0.15, 0.2) is 18.2 Å². The van der Waals surface area contributed by atoms with Crippen molar-refractivity contribution in [3.8, 4) is 11.5 Å². The van der Waals surface area contributed by atoms with E-state index in [1.165, 1.54) is 0 Å². The molecule has 3 nitrogen and oxygen atoms in total. The fraction of sp³-hybridized carbons (Fsp3) is 0.455. The molecule has 0 aliphatic carbocycles. The van der Waals surface area contributed by atoms with Crippen molar-refractivity contribution >= 4 is 0 Å². The zero-order chi connectivity index (χ0) is 10.6. The number of rotatable bonds is 4. The standard InChI is InChI=1S/C11H17NO2/c1-4-9(12)8-5-6-10(13-2)11(7-8)14-3/h5-7,9H,4,12H2,1-3H3/t9-/m1/s1. The average Bonchev–Trinajstić information content (AvgIpc) is 2.26. The molecule has 0 saturated carbocycles. The molecule has 0 aliphatic rings. The Morgan fingerprint density at radius 3 is 2.36 bits per heavy atom. The van der Waals surface area contributed by atoms with E-state index in [0.717, 1.165) is 23.5 Å². The van der Waals surface area contributed by atoms with Gasteiger partial charge in [-0.2, -0.15) is 0 Å². The van der Waals surface area contributed by atoms with Gasteiger partial charge in [0.25, 0.3) is 0 Å². The lowest BCUT2D eigenvalue weighted by Gasteiger charge is -2.13. The van der Waals surface area contributed by atoms with Crippen LogP contribution in [0, 0.1) is 0 Å². The summed E-state index contributed by atoms with van der Waals surface area (Å²) in [5.74, 6) is 1.47. The highest BCUT2D eigenvalue weighted by Gasteiger charge is 2.08. The van der Waals surface area contributed by atoms with Crippen molar-refractivity contribution in [2.45, 2.75) is 19.4 Å². The normalized spacial score (nSPS) is 12.3. The van der Waals surface area contributed by atoms with Gasteiger partial charge in [0.2, 0.25) is 0 Å². The Balaban J connectivity index is 3.01. The van der Waals surface area contributed by atoms with Gasteiger partial charge in [0.15, 0.2) is 11.5 Å². The summed E-state index contributed by atoms with van der Waals surface area (Å²) in [5, 5.41) is 0. The van der Waals surface area contributed by atoms with E-state index < -0.39 is 0 Å². The molecule has 0 aliphatic heterocycles. The molecule has 2 N–H and O–H groups in total. The van der Waals surface area contributed by atoms with Crippen molar-refractivity contribution in [1.82, 2.24) is 0 Å². The number of benzene rings is 1. The van der Waals surface area contributed by atoms with Gasteiger partial charge in [0.05, 0.1) is 14.2 Å². The van der Waals surface area contributed by atoms with Gasteiger partial charge in [0.1, 0.15) is 0 Å². The molecular formula is C11H17NO2. The summed E-state index contributed by atoms with van der Waals surface area (Å²) >= 11 is 0. The maximum atomic E-state index is 5.91. The van der Waals surface area contributed by atoms with Crippen molar-refractivity contribution in [1.29, 1.82) is 0 Å². The predicted octanol–water partition coefficient (Wildman–Crippen LogP) is 2.11. The predicted molar refractivity (Wildman–Crippen MR) is 56.8 cm³/mol. The summed E-state index contributed by atoms with van der Waals surface area (Å²) in [6.45, 7) is 2.06. The van der Waals surface area contributed by atoms with E-state index >= 15 is 0 Å². The Hall–Kier alpha value is -1.22. The summed E-state index contributed by atoms with van der Waals surface area (Å²) in [6, 6.07) is 5.83. The van der Waals surface area contributed by atoms with E-state index in [4.69, 9.17) is 15.2 Å².